The van der Waals surface area contributed by atoms with E-state index < -0.39 is 12.0 Å². The molecular formula is C6H9CoN3O2+2. The summed E-state index contributed by atoms with van der Waals surface area (Å²) in [7, 11) is 0. The normalized spacial score (nSPS) is 11.8. The van der Waals surface area contributed by atoms with Gasteiger partial charge in [-0.15, -0.1) is 0 Å². The molecule has 0 aromatic carbocycles. The van der Waals surface area contributed by atoms with Crippen LogP contribution in [-0.2, 0) is 28.0 Å². The summed E-state index contributed by atoms with van der Waals surface area (Å²) in [6.07, 6.45) is 3.34. The van der Waals surface area contributed by atoms with E-state index in [0.29, 0.717) is 0 Å². The van der Waals surface area contributed by atoms with Gasteiger partial charge in [-0.2, -0.15) is 0 Å². The van der Waals surface area contributed by atoms with Crippen molar-refractivity contribution in [2.45, 2.75) is 12.5 Å². The van der Waals surface area contributed by atoms with Crippen molar-refractivity contribution in [3.8, 4) is 0 Å². The number of carboxylic acid groups (broad SMARTS) is 1. The van der Waals surface area contributed by atoms with Crippen molar-refractivity contribution in [3.05, 3.63) is 18.2 Å². The van der Waals surface area contributed by atoms with E-state index in [-0.39, 0.29) is 23.2 Å². The van der Waals surface area contributed by atoms with Crippen LogP contribution in [0.15, 0.2) is 12.5 Å². The Hall–Kier alpha value is -0.854. The van der Waals surface area contributed by atoms with Gasteiger partial charge in [-0.25, -0.2) is 4.98 Å². The monoisotopic (exact) mass is 214 g/mol. The molecule has 1 radical (unpaired) electrons. The molecule has 5 nitrogen and oxygen atoms in total. The van der Waals surface area contributed by atoms with Gasteiger partial charge in [-0.3, -0.25) is 4.79 Å². The standard InChI is InChI=1S/C6H9N3O2.Co/c7-5(6(10)11)1-4-2-8-3-9-4;/h2-3,5H,1,7H2,(H,8,9)(H,10,11);/q;+2. The van der Waals surface area contributed by atoms with Crippen LogP contribution in [0.3, 0.4) is 0 Å². The number of aromatic nitrogens is 2. The van der Waals surface area contributed by atoms with Crippen molar-refractivity contribution in [1.82, 2.24) is 9.97 Å². The zero-order valence-corrected chi connectivity index (χ0v) is 7.19. The molecule has 0 amide bonds. The maximum Gasteiger partial charge on any atom is 2.00 e. The quantitative estimate of drug-likeness (QED) is 0.624. The molecule has 0 aliphatic heterocycles. The molecule has 0 spiro atoms. The molecule has 1 rings (SSSR count). The number of aliphatic carboxylic acids is 1. The SMILES string of the molecule is NC(Cc1cnc[nH]1)C(=O)O.[Co+2]. The summed E-state index contributed by atoms with van der Waals surface area (Å²) in [6, 6.07) is -0.851. The number of nitrogens with one attached hydrogen (secondary N) is 1. The first-order valence-electron chi connectivity index (χ1n) is 3.16. The van der Waals surface area contributed by atoms with E-state index in [4.69, 9.17) is 10.8 Å². The summed E-state index contributed by atoms with van der Waals surface area (Å²) in [6.45, 7) is 0. The van der Waals surface area contributed by atoms with Gasteiger partial charge in [0, 0.05) is 18.3 Å². The van der Waals surface area contributed by atoms with E-state index in [2.05, 4.69) is 9.97 Å². The fraction of sp³-hybridized carbons (Fsp3) is 0.333. The third-order valence-electron chi connectivity index (χ3n) is 1.31. The van der Waals surface area contributed by atoms with Gasteiger partial charge in [0.15, 0.2) is 0 Å². The van der Waals surface area contributed by atoms with Gasteiger partial charge < -0.3 is 15.8 Å². The fourth-order valence-electron chi connectivity index (χ4n) is 0.721. The molecule has 12 heavy (non-hydrogen) atoms. The second-order valence-corrected chi connectivity index (χ2v) is 2.23. The third kappa shape index (κ3) is 3.03. The second-order valence-electron chi connectivity index (χ2n) is 2.23. The summed E-state index contributed by atoms with van der Waals surface area (Å²) in [5.74, 6) is -1.00. The number of carboxylic acids is 1. The van der Waals surface area contributed by atoms with E-state index in [1.165, 1.54) is 6.33 Å². The van der Waals surface area contributed by atoms with E-state index >= 15 is 0 Å². The minimum atomic E-state index is -1.00. The molecular weight excluding hydrogens is 205 g/mol. The van der Waals surface area contributed by atoms with Gasteiger partial charge in [-0.1, -0.05) is 0 Å². The number of aromatic amines is 1. The molecule has 67 valence electrons. The Morgan fingerprint density at radius 2 is 2.50 bits per heavy atom. The Bertz CT molecular complexity index is 237. The number of imidazole rings is 1. The fourth-order valence-corrected chi connectivity index (χ4v) is 0.721. The van der Waals surface area contributed by atoms with Crippen molar-refractivity contribution >= 4 is 5.97 Å². The molecule has 0 aliphatic rings. The van der Waals surface area contributed by atoms with Gasteiger partial charge in [0.1, 0.15) is 6.04 Å². The van der Waals surface area contributed by atoms with Gasteiger partial charge in [0.2, 0.25) is 0 Å². The Labute approximate surface area is 79.6 Å². The summed E-state index contributed by atoms with van der Waals surface area (Å²) < 4.78 is 0. The Balaban J connectivity index is 0.00000121. The molecule has 0 saturated carbocycles. The van der Waals surface area contributed by atoms with E-state index in [1.807, 2.05) is 0 Å². The molecule has 1 unspecified atom stereocenters. The first-order chi connectivity index (χ1) is 5.20. The van der Waals surface area contributed by atoms with E-state index in [1.54, 1.807) is 6.20 Å². The number of nitrogens with two attached hydrogens (primary N) is 1. The molecule has 0 bridgehead atoms. The molecule has 1 aromatic heterocycles. The van der Waals surface area contributed by atoms with Gasteiger partial charge in [0.25, 0.3) is 0 Å². The van der Waals surface area contributed by atoms with Crippen molar-refractivity contribution in [2.75, 3.05) is 0 Å². The molecule has 1 atom stereocenters. The molecule has 1 aromatic rings. The smallest absolute Gasteiger partial charge is 0.480 e. The van der Waals surface area contributed by atoms with Crippen LogP contribution in [0.1, 0.15) is 5.69 Å². The molecule has 6 heteroatoms. The minimum absolute atomic E-state index is 0. The summed E-state index contributed by atoms with van der Waals surface area (Å²) >= 11 is 0. The number of rotatable bonds is 3. The summed E-state index contributed by atoms with van der Waals surface area (Å²) in [4.78, 5) is 16.8. The Kier molecular flexibility index (Phi) is 4.56. The van der Waals surface area contributed by atoms with Gasteiger partial charge >= 0.3 is 22.7 Å². The number of H-pyrrole nitrogens is 1. The third-order valence-corrected chi connectivity index (χ3v) is 1.31. The van der Waals surface area contributed by atoms with E-state index in [9.17, 15) is 4.79 Å². The van der Waals surface area contributed by atoms with Crippen LogP contribution in [0.5, 0.6) is 0 Å². The van der Waals surface area contributed by atoms with Crippen molar-refractivity contribution in [3.63, 3.8) is 0 Å². The molecule has 0 aliphatic carbocycles. The van der Waals surface area contributed by atoms with Crippen LogP contribution in [0.2, 0.25) is 0 Å². The molecule has 4 N–H and O–H groups in total. The van der Waals surface area contributed by atoms with Crippen LogP contribution in [0.25, 0.3) is 0 Å². The first-order valence-corrected chi connectivity index (χ1v) is 3.16. The van der Waals surface area contributed by atoms with Crippen LogP contribution < -0.4 is 5.73 Å². The minimum Gasteiger partial charge on any atom is -0.480 e. The first kappa shape index (κ1) is 11.1. The zero-order chi connectivity index (χ0) is 8.27. The van der Waals surface area contributed by atoms with Crippen molar-refractivity contribution in [2.24, 2.45) is 5.73 Å². The largest absolute Gasteiger partial charge is 2.00 e. The van der Waals surface area contributed by atoms with Gasteiger partial charge in [-0.05, 0) is 0 Å². The average molecular weight is 214 g/mol. The van der Waals surface area contributed by atoms with Crippen LogP contribution >= 0.6 is 0 Å². The average Bonchev–Trinajstić information content (AvgIpc) is 2.39. The second kappa shape index (κ2) is 4.91. The van der Waals surface area contributed by atoms with Crippen LogP contribution in [0.4, 0.5) is 0 Å². The number of nitrogens with zero attached hydrogens (tertiary/aromatic N) is 1. The predicted octanol–water partition coefficient (Wildman–Crippen LogP) is -0.638. The maximum atomic E-state index is 10.3. The number of carbonyl (C=O) groups is 1. The molecule has 0 saturated heterocycles. The van der Waals surface area contributed by atoms with Gasteiger partial charge in [0.05, 0.1) is 6.33 Å². The number of hydrogen-bond donors (Lipinski definition) is 3. The maximum absolute atomic E-state index is 10.3. The molecule has 1 heterocycles. The topological polar surface area (TPSA) is 92.0 Å². The molecule has 0 fully saturated rings. The Morgan fingerprint density at radius 1 is 1.83 bits per heavy atom. The zero-order valence-electron chi connectivity index (χ0n) is 6.15. The van der Waals surface area contributed by atoms with Crippen LogP contribution in [0, 0.1) is 0 Å². The van der Waals surface area contributed by atoms with E-state index in [0.717, 1.165) is 5.69 Å². The Morgan fingerprint density at radius 3 is 2.92 bits per heavy atom. The van der Waals surface area contributed by atoms with Crippen LogP contribution in [-0.4, -0.2) is 27.1 Å². The van der Waals surface area contributed by atoms with Crippen molar-refractivity contribution < 1.29 is 26.7 Å². The number of hydrogen-bond acceptors (Lipinski definition) is 3. The predicted molar refractivity (Wildman–Crippen MR) is 37.9 cm³/mol. The summed E-state index contributed by atoms with van der Waals surface area (Å²) in [5, 5.41) is 8.42. The summed E-state index contributed by atoms with van der Waals surface area (Å²) in [5.41, 5.74) is 6.00. The van der Waals surface area contributed by atoms with Crippen molar-refractivity contribution in [1.29, 1.82) is 0 Å².